The number of rotatable bonds is 5. The molecule has 1 aliphatic heterocycles. The smallest absolute Gasteiger partial charge is 0.186 e. The van der Waals surface area contributed by atoms with Gasteiger partial charge in [0.15, 0.2) is 5.13 Å². The minimum atomic E-state index is 0.768. The van der Waals surface area contributed by atoms with E-state index < -0.39 is 0 Å². The Labute approximate surface area is 124 Å². The first kappa shape index (κ1) is 14.0. The summed E-state index contributed by atoms with van der Waals surface area (Å²) in [6.07, 6.45) is 4.97. The molecule has 1 saturated heterocycles. The Morgan fingerprint density at radius 3 is 2.90 bits per heavy atom. The fourth-order valence-electron chi connectivity index (χ4n) is 2.28. The average molecular weight is 293 g/mol. The zero-order valence-corrected chi connectivity index (χ0v) is 13.1. The molecule has 1 aliphatic carbocycles. The first-order chi connectivity index (χ1) is 9.72. The minimum absolute atomic E-state index is 0.768. The number of thiazole rings is 1. The highest BCUT2D eigenvalue weighted by Gasteiger charge is 2.20. The summed E-state index contributed by atoms with van der Waals surface area (Å²) >= 11 is 1.80. The molecule has 0 unspecified atom stereocenters. The molecule has 3 rings (SSSR count). The van der Waals surface area contributed by atoms with Gasteiger partial charge in [0.2, 0.25) is 0 Å². The van der Waals surface area contributed by atoms with Crippen LogP contribution in [0.2, 0.25) is 0 Å². The van der Waals surface area contributed by atoms with Gasteiger partial charge in [-0.05, 0) is 32.8 Å². The molecule has 1 N–H and O–H groups in total. The van der Waals surface area contributed by atoms with Crippen LogP contribution in [0.15, 0.2) is 5.57 Å². The monoisotopic (exact) mass is 293 g/mol. The maximum Gasteiger partial charge on any atom is 0.186 e. The Kier molecular flexibility index (Phi) is 4.38. The zero-order chi connectivity index (χ0) is 13.9. The Morgan fingerprint density at radius 2 is 2.20 bits per heavy atom. The molecule has 5 heteroatoms. The molecule has 0 atom stereocenters. The zero-order valence-electron chi connectivity index (χ0n) is 12.3. The van der Waals surface area contributed by atoms with Crippen molar-refractivity contribution in [3.05, 3.63) is 16.1 Å². The van der Waals surface area contributed by atoms with Crippen LogP contribution in [0.25, 0.3) is 6.08 Å². The highest BCUT2D eigenvalue weighted by molar-refractivity contribution is 7.16. The lowest BCUT2D eigenvalue weighted by atomic mass is 10.2. The molecule has 0 spiro atoms. The van der Waals surface area contributed by atoms with Crippen LogP contribution in [0.5, 0.6) is 0 Å². The Balaban J connectivity index is 1.65. The average Bonchev–Trinajstić information content (AvgIpc) is 3.22. The number of aromatic nitrogens is 1. The molecule has 0 radical (unpaired) electrons. The van der Waals surface area contributed by atoms with Crippen molar-refractivity contribution in [3.8, 4) is 0 Å². The van der Waals surface area contributed by atoms with Crippen molar-refractivity contribution in [2.24, 2.45) is 0 Å². The molecule has 2 fully saturated rings. The van der Waals surface area contributed by atoms with Gasteiger partial charge in [0.05, 0.1) is 23.8 Å². The van der Waals surface area contributed by atoms with Gasteiger partial charge in [-0.25, -0.2) is 4.98 Å². The number of hydrogen-bond acceptors (Lipinski definition) is 5. The van der Waals surface area contributed by atoms with Crippen molar-refractivity contribution >= 4 is 22.5 Å². The predicted octanol–water partition coefficient (Wildman–Crippen LogP) is 2.44. The quantitative estimate of drug-likeness (QED) is 0.905. The highest BCUT2D eigenvalue weighted by Crippen LogP contribution is 2.28. The van der Waals surface area contributed by atoms with E-state index in [1.807, 2.05) is 0 Å². The molecule has 4 nitrogen and oxygen atoms in total. The van der Waals surface area contributed by atoms with Gasteiger partial charge in [-0.1, -0.05) is 16.9 Å². The van der Waals surface area contributed by atoms with E-state index in [-0.39, 0.29) is 0 Å². The van der Waals surface area contributed by atoms with Crippen molar-refractivity contribution in [1.29, 1.82) is 0 Å². The molecule has 0 amide bonds. The number of aryl methyl sites for hydroxylation is 1. The number of anilines is 1. The van der Waals surface area contributed by atoms with Gasteiger partial charge >= 0.3 is 0 Å². The molecule has 1 aromatic rings. The molecule has 1 saturated carbocycles. The van der Waals surface area contributed by atoms with Crippen LogP contribution < -0.4 is 10.2 Å². The molecular weight excluding hydrogens is 270 g/mol. The van der Waals surface area contributed by atoms with Gasteiger partial charge in [0.1, 0.15) is 0 Å². The molecule has 1 aromatic heterocycles. The molecule has 0 aromatic carbocycles. The maximum atomic E-state index is 5.40. The van der Waals surface area contributed by atoms with Crippen molar-refractivity contribution in [3.63, 3.8) is 0 Å². The van der Waals surface area contributed by atoms with E-state index in [1.165, 1.54) is 23.3 Å². The van der Waals surface area contributed by atoms with E-state index in [1.54, 1.807) is 11.3 Å². The highest BCUT2D eigenvalue weighted by atomic mass is 32.1. The van der Waals surface area contributed by atoms with Crippen LogP contribution in [0, 0.1) is 6.92 Å². The first-order valence-electron chi connectivity index (χ1n) is 7.43. The lowest BCUT2D eigenvalue weighted by molar-refractivity contribution is 0.122. The van der Waals surface area contributed by atoms with Gasteiger partial charge < -0.3 is 15.0 Å². The number of nitrogens with zero attached hydrogens (tertiary/aromatic N) is 2. The fraction of sp³-hybridized carbons (Fsp3) is 0.667. The van der Waals surface area contributed by atoms with Crippen LogP contribution >= 0.6 is 11.3 Å². The van der Waals surface area contributed by atoms with E-state index >= 15 is 0 Å². The SMILES string of the molecule is CC(=Cc1sc(N2CCOCC2)nc1C)CNC1CC1. The second kappa shape index (κ2) is 6.24. The van der Waals surface area contributed by atoms with Gasteiger partial charge in [-0.15, -0.1) is 0 Å². The van der Waals surface area contributed by atoms with E-state index in [2.05, 4.69) is 30.1 Å². The summed E-state index contributed by atoms with van der Waals surface area (Å²) in [5.74, 6) is 0. The third-order valence-electron chi connectivity index (χ3n) is 3.73. The number of nitrogens with one attached hydrogen (secondary N) is 1. The first-order valence-corrected chi connectivity index (χ1v) is 8.24. The fourth-order valence-corrected chi connectivity index (χ4v) is 3.43. The summed E-state index contributed by atoms with van der Waals surface area (Å²) < 4.78 is 5.40. The number of morpholine rings is 1. The molecule has 2 aliphatic rings. The second-order valence-electron chi connectivity index (χ2n) is 5.69. The molecular formula is C15H23N3OS. The lowest BCUT2D eigenvalue weighted by Gasteiger charge is -2.26. The van der Waals surface area contributed by atoms with Crippen molar-refractivity contribution in [2.75, 3.05) is 37.7 Å². The van der Waals surface area contributed by atoms with Crippen LogP contribution in [0.3, 0.4) is 0 Å². The van der Waals surface area contributed by atoms with Gasteiger partial charge in [0.25, 0.3) is 0 Å². The summed E-state index contributed by atoms with van der Waals surface area (Å²) in [4.78, 5) is 8.34. The molecule has 2 heterocycles. The van der Waals surface area contributed by atoms with E-state index in [0.29, 0.717) is 0 Å². The second-order valence-corrected chi connectivity index (χ2v) is 6.70. The summed E-state index contributed by atoms with van der Waals surface area (Å²) in [7, 11) is 0. The maximum absolute atomic E-state index is 5.40. The summed E-state index contributed by atoms with van der Waals surface area (Å²) in [6.45, 7) is 8.84. The van der Waals surface area contributed by atoms with Gasteiger partial charge in [-0.3, -0.25) is 0 Å². The lowest BCUT2D eigenvalue weighted by Crippen LogP contribution is -2.36. The molecule has 20 heavy (non-hydrogen) atoms. The van der Waals surface area contributed by atoms with E-state index in [9.17, 15) is 0 Å². The Morgan fingerprint density at radius 1 is 1.45 bits per heavy atom. The summed E-state index contributed by atoms with van der Waals surface area (Å²) in [6, 6.07) is 0.768. The largest absolute Gasteiger partial charge is 0.378 e. The third-order valence-corrected chi connectivity index (χ3v) is 4.89. The molecule has 110 valence electrons. The molecule has 0 bridgehead atoms. The Hall–Kier alpha value is -0.910. The Bertz CT molecular complexity index is 487. The standard InChI is InChI=1S/C15H23N3OS/c1-11(10-16-13-3-4-13)9-14-12(2)17-15(20-14)18-5-7-19-8-6-18/h9,13,16H,3-8,10H2,1-2H3. The van der Waals surface area contributed by atoms with Crippen molar-refractivity contribution in [2.45, 2.75) is 32.7 Å². The van der Waals surface area contributed by atoms with Gasteiger partial charge in [0, 0.05) is 25.7 Å². The number of ether oxygens (including phenoxy) is 1. The van der Waals surface area contributed by atoms with E-state index in [0.717, 1.165) is 49.7 Å². The van der Waals surface area contributed by atoms with Crippen LogP contribution in [-0.2, 0) is 4.74 Å². The van der Waals surface area contributed by atoms with Crippen LogP contribution in [0.1, 0.15) is 30.3 Å². The summed E-state index contributed by atoms with van der Waals surface area (Å²) in [5.41, 5.74) is 2.53. The number of hydrogen-bond donors (Lipinski definition) is 1. The van der Waals surface area contributed by atoms with E-state index in [4.69, 9.17) is 9.72 Å². The predicted molar refractivity (Wildman–Crippen MR) is 84.6 cm³/mol. The van der Waals surface area contributed by atoms with Crippen LogP contribution in [0.4, 0.5) is 5.13 Å². The normalized spacial score (nSPS) is 20.5. The van der Waals surface area contributed by atoms with Gasteiger partial charge in [-0.2, -0.15) is 0 Å². The van der Waals surface area contributed by atoms with Crippen molar-refractivity contribution < 1.29 is 4.74 Å². The van der Waals surface area contributed by atoms with Crippen LogP contribution in [-0.4, -0.2) is 43.9 Å². The summed E-state index contributed by atoms with van der Waals surface area (Å²) in [5, 5.41) is 4.69. The minimum Gasteiger partial charge on any atom is -0.378 e. The topological polar surface area (TPSA) is 37.4 Å². The van der Waals surface area contributed by atoms with Crippen molar-refractivity contribution in [1.82, 2.24) is 10.3 Å². The third kappa shape index (κ3) is 3.59.